The SMILES string of the molecule is COc1ccccc1C=C1Sc2ccc(C(=O)NCCC(C)C)cc2N(C)C1=O. The number of hydrogen-bond acceptors (Lipinski definition) is 4. The second-order valence-corrected chi connectivity index (χ2v) is 8.42. The van der Waals surface area contributed by atoms with E-state index < -0.39 is 0 Å². The van der Waals surface area contributed by atoms with Crippen LogP contribution in [0.3, 0.4) is 0 Å². The first-order valence-electron chi connectivity index (χ1n) is 9.63. The Balaban J connectivity index is 1.84. The van der Waals surface area contributed by atoms with E-state index in [1.807, 2.05) is 36.4 Å². The summed E-state index contributed by atoms with van der Waals surface area (Å²) in [7, 11) is 3.35. The van der Waals surface area contributed by atoms with E-state index in [1.54, 1.807) is 31.2 Å². The number of carbonyl (C=O) groups is 2. The molecule has 2 aromatic carbocycles. The molecular formula is C23H26N2O3S. The standard InChI is InChI=1S/C23H26N2O3S/c1-15(2)11-12-24-22(26)17-9-10-20-18(13-17)25(3)23(27)21(29-20)14-16-7-5-6-8-19(16)28-4/h5-10,13-15H,11-12H2,1-4H3,(H,24,26). The zero-order valence-electron chi connectivity index (χ0n) is 17.2. The Labute approximate surface area is 176 Å². The molecule has 0 atom stereocenters. The number of benzene rings is 2. The zero-order valence-corrected chi connectivity index (χ0v) is 18.0. The quantitative estimate of drug-likeness (QED) is 0.708. The fourth-order valence-corrected chi connectivity index (χ4v) is 4.12. The molecule has 2 aromatic rings. The monoisotopic (exact) mass is 410 g/mol. The van der Waals surface area contributed by atoms with Crippen LogP contribution in [0.5, 0.6) is 5.75 Å². The van der Waals surface area contributed by atoms with Gasteiger partial charge >= 0.3 is 0 Å². The number of fused-ring (bicyclic) bond motifs is 1. The van der Waals surface area contributed by atoms with E-state index in [0.717, 1.165) is 28.3 Å². The summed E-state index contributed by atoms with van der Waals surface area (Å²) >= 11 is 1.41. The lowest BCUT2D eigenvalue weighted by Gasteiger charge is -2.27. The van der Waals surface area contributed by atoms with Crippen LogP contribution >= 0.6 is 11.8 Å². The van der Waals surface area contributed by atoms with Crippen molar-refractivity contribution in [3.05, 3.63) is 58.5 Å². The molecular weight excluding hydrogens is 384 g/mol. The van der Waals surface area contributed by atoms with Crippen molar-refractivity contribution in [1.29, 1.82) is 0 Å². The molecule has 1 N–H and O–H groups in total. The van der Waals surface area contributed by atoms with Crippen molar-refractivity contribution in [3.63, 3.8) is 0 Å². The average molecular weight is 411 g/mol. The van der Waals surface area contributed by atoms with Gasteiger partial charge in [0.15, 0.2) is 0 Å². The maximum atomic E-state index is 12.9. The molecule has 29 heavy (non-hydrogen) atoms. The van der Waals surface area contributed by atoms with E-state index in [1.165, 1.54) is 11.8 Å². The van der Waals surface area contributed by atoms with Gasteiger partial charge in [-0.25, -0.2) is 0 Å². The maximum Gasteiger partial charge on any atom is 0.264 e. The van der Waals surface area contributed by atoms with Gasteiger partial charge in [-0.1, -0.05) is 43.8 Å². The van der Waals surface area contributed by atoms with E-state index >= 15 is 0 Å². The third kappa shape index (κ3) is 4.82. The van der Waals surface area contributed by atoms with Gasteiger partial charge in [0, 0.05) is 29.6 Å². The molecule has 0 aliphatic carbocycles. The number of thioether (sulfide) groups is 1. The number of likely N-dealkylation sites (N-methyl/N-ethyl adjacent to an activating group) is 1. The van der Waals surface area contributed by atoms with Crippen LogP contribution in [-0.2, 0) is 4.79 Å². The minimum Gasteiger partial charge on any atom is -0.496 e. The minimum atomic E-state index is -0.116. The first-order chi connectivity index (χ1) is 13.9. The van der Waals surface area contributed by atoms with Gasteiger partial charge in [-0.15, -0.1) is 0 Å². The lowest BCUT2D eigenvalue weighted by Crippen LogP contribution is -2.31. The highest BCUT2D eigenvalue weighted by Gasteiger charge is 2.27. The largest absolute Gasteiger partial charge is 0.496 e. The van der Waals surface area contributed by atoms with E-state index in [4.69, 9.17) is 4.74 Å². The van der Waals surface area contributed by atoms with Crippen LogP contribution < -0.4 is 15.0 Å². The smallest absolute Gasteiger partial charge is 0.264 e. The highest BCUT2D eigenvalue weighted by molar-refractivity contribution is 8.04. The molecule has 0 aromatic heterocycles. The van der Waals surface area contributed by atoms with Crippen molar-refractivity contribution >= 4 is 35.3 Å². The highest BCUT2D eigenvalue weighted by Crippen LogP contribution is 2.42. The molecule has 1 heterocycles. The van der Waals surface area contributed by atoms with Crippen molar-refractivity contribution in [2.24, 2.45) is 5.92 Å². The van der Waals surface area contributed by atoms with Gasteiger partial charge in [0.05, 0.1) is 17.7 Å². The van der Waals surface area contributed by atoms with Gasteiger partial charge < -0.3 is 15.0 Å². The number of rotatable bonds is 6. The van der Waals surface area contributed by atoms with Crippen molar-refractivity contribution in [3.8, 4) is 5.75 Å². The fraction of sp³-hybridized carbons (Fsp3) is 0.304. The molecule has 1 aliphatic rings. The van der Waals surface area contributed by atoms with Crippen molar-refractivity contribution in [2.75, 3.05) is 25.6 Å². The summed E-state index contributed by atoms with van der Waals surface area (Å²) in [5.41, 5.74) is 2.16. The van der Waals surface area contributed by atoms with Crippen LogP contribution in [0.2, 0.25) is 0 Å². The third-order valence-electron chi connectivity index (χ3n) is 4.75. The van der Waals surface area contributed by atoms with E-state index in [2.05, 4.69) is 19.2 Å². The lowest BCUT2D eigenvalue weighted by atomic mass is 10.1. The van der Waals surface area contributed by atoms with Crippen molar-refractivity contribution in [1.82, 2.24) is 5.32 Å². The van der Waals surface area contributed by atoms with Gasteiger partial charge in [0.1, 0.15) is 5.75 Å². The predicted molar refractivity (Wildman–Crippen MR) is 118 cm³/mol. The number of nitrogens with zero attached hydrogens (tertiary/aromatic N) is 1. The van der Waals surface area contributed by atoms with E-state index in [0.29, 0.717) is 22.9 Å². The summed E-state index contributed by atoms with van der Waals surface area (Å²) < 4.78 is 5.38. The van der Waals surface area contributed by atoms with Gasteiger partial charge in [-0.2, -0.15) is 0 Å². The average Bonchev–Trinajstić information content (AvgIpc) is 2.71. The second-order valence-electron chi connectivity index (χ2n) is 7.34. The highest BCUT2D eigenvalue weighted by atomic mass is 32.2. The molecule has 152 valence electrons. The van der Waals surface area contributed by atoms with Gasteiger partial charge in [0.2, 0.25) is 0 Å². The summed E-state index contributed by atoms with van der Waals surface area (Å²) in [6, 6.07) is 13.1. The molecule has 0 saturated heterocycles. The number of carbonyl (C=O) groups excluding carboxylic acids is 2. The van der Waals surface area contributed by atoms with Crippen LogP contribution in [0.1, 0.15) is 36.2 Å². The number of methoxy groups -OCH3 is 1. The Kier molecular flexibility index (Phi) is 6.64. The van der Waals surface area contributed by atoms with Crippen LogP contribution in [-0.4, -0.2) is 32.5 Å². The summed E-state index contributed by atoms with van der Waals surface area (Å²) in [4.78, 5) is 28.5. The topological polar surface area (TPSA) is 58.6 Å². The van der Waals surface area contributed by atoms with Gasteiger partial charge in [-0.05, 0) is 42.7 Å². The van der Waals surface area contributed by atoms with Crippen molar-refractivity contribution < 1.29 is 14.3 Å². The predicted octanol–water partition coefficient (Wildman–Crippen LogP) is 4.58. The zero-order chi connectivity index (χ0) is 21.0. The summed E-state index contributed by atoms with van der Waals surface area (Å²) in [6.07, 6.45) is 2.78. The molecule has 2 amide bonds. The normalized spacial score (nSPS) is 14.9. The summed E-state index contributed by atoms with van der Waals surface area (Å²) in [5, 5.41) is 2.94. The molecule has 3 rings (SSSR count). The number of ether oxygens (including phenoxy) is 1. The first kappa shape index (κ1) is 21.0. The molecule has 6 heteroatoms. The van der Waals surface area contributed by atoms with E-state index in [9.17, 15) is 9.59 Å². The molecule has 0 fully saturated rings. The maximum absolute atomic E-state index is 12.9. The Morgan fingerprint density at radius 2 is 2.00 bits per heavy atom. The van der Waals surface area contributed by atoms with Crippen LogP contribution in [0.15, 0.2) is 52.3 Å². The first-order valence-corrected chi connectivity index (χ1v) is 10.4. The van der Waals surface area contributed by atoms with Gasteiger partial charge in [-0.3, -0.25) is 9.59 Å². The Morgan fingerprint density at radius 1 is 1.24 bits per heavy atom. The lowest BCUT2D eigenvalue weighted by molar-refractivity contribution is -0.114. The Morgan fingerprint density at radius 3 is 2.72 bits per heavy atom. The number of hydrogen-bond donors (Lipinski definition) is 1. The molecule has 0 unspecified atom stereocenters. The van der Waals surface area contributed by atoms with Crippen LogP contribution in [0.25, 0.3) is 6.08 Å². The Hall–Kier alpha value is -2.73. The molecule has 5 nitrogen and oxygen atoms in total. The summed E-state index contributed by atoms with van der Waals surface area (Å²) in [6.45, 7) is 4.89. The third-order valence-corrected chi connectivity index (χ3v) is 5.83. The number of amides is 2. The number of para-hydroxylation sites is 1. The fourth-order valence-electron chi connectivity index (χ4n) is 3.04. The van der Waals surface area contributed by atoms with Crippen LogP contribution in [0, 0.1) is 5.92 Å². The molecule has 0 radical (unpaired) electrons. The summed E-state index contributed by atoms with van der Waals surface area (Å²) in [5.74, 6) is 1.03. The Bertz CT molecular complexity index is 953. The van der Waals surface area contributed by atoms with Crippen LogP contribution in [0.4, 0.5) is 5.69 Å². The van der Waals surface area contributed by atoms with E-state index in [-0.39, 0.29) is 11.8 Å². The molecule has 1 aliphatic heterocycles. The van der Waals surface area contributed by atoms with Gasteiger partial charge in [0.25, 0.3) is 11.8 Å². The van der Waals surface area contributed by atoms with Crippen molar-refractivity contribution in [2.45, 2.75) is 25.2 Å². The number of anilines is 1. The molecule has 0 spiro atoms. The number of nitrogens with one attached hydrogen (secondary N) is 1. The molecule has 0 bridgehead atoms. The minimum absolute atomic E-state index is 0.106. The second kappa shape index (κ2) is 9.18. The molecule has 0 saturated carbocycles.